The van der Waals surface area contributed by atoms with Crippen molar-refractivity contribution in [2.75, 3.05) is 0 Å². The molecular weight excluding hydrogens is 252 g/mol. The Balaban J connectivity index is 1.86. The van der Waals surface area contributed by atoms with E-state index in [1.165, 1.54) is 37.8 Å². The minimum atomic E-state index is -0.776. The molecule has 0 radical (unpaired) electrons. The van der Waals surface area contributed by atoms with Gasteiger partial charge in [0.15, 0.2) is 0 Å². The van der Waals surface area contributed by atoms with E-state index >= 15 is 0 Å². The van der Waals surface area contributed by atoms with Crippen molar-refractivity contribution in [3.05, 3.63) is 23.0 Å². The second-order valence-electron chi connectivity index (χ2n) is 6.01. The van der Waals surface area contributed by atoms with Crippen molar-refractivity contribution in [3.8, 4) is 0 Å². The minimum Gasteiger partial charge on any atom is -0.478 e. The van der Waals surface area contributed by atoms with Gasteiger partial charge >= 0.3 is 5.97 Å². The van der Waals surface area contributed by atoms with E-state index in [1.54, 1.807) is 0 Å². The van der Waals surface area contributed by atoms with Crippen LogP contribution in [0.4, 0.5) is 0 Å². The molecule has 0 aliphatic heterocycles. The van der Waals surface area contributed by atoms with Crippen LogP contribution >= 0.6 is 0 Å². The normalized spacial score (nSPS) is 21.2. The third-order valence-electron chi connectivity index (χ3n) is 4.68. The highest BCUT2D eigenvalue weighted by molar-refractivity contribution is 5.96. The van der Waals surface area contributed by atoms with Gasteiger partial charge in [0.1, 0.15) is 0 Å². The van der Waals surface area contributed by atoms with Crippen LogP contribution in [0, 0.1) is 0 Å². The molecule has 2 aliphatic carbocycles. The molecule has 4 heteroatoms. The van der Waals surface area contributed by atoms with Crippen molar-refractivity contribution in [3.63, 3.8) is 0 Å². The molecule has 0 spiro atoms. The van der Waals surface area contributed by atoms with Gasteiger partial charge in [0.25, 0.3) is 0 Å². The highest BCUT2D eigenvalue weighted by Crippen LogP contribution is 2.35. The summed E-state index contributed by atoms with van der Waals surface area (Å²) in [6.07, 6.45) is 9.95. The molecule has 1 aromatic heterocycles. The molecule has 1 aromatic rings. The Hall–Kier alpha value is -1.58. The number of rotatable bonds is 3. The van der Waals surface area contributed by atoms with Gasteiger partial charge < -0.3 is 5.11 Å². The van der Waals surface area contributed by atoms with Crippen LogP contribution in [0.25, 0.3) is 5.57 Å². The highest BCUT2D eigenvalue weighted by atomic mass is 16.4. The fourth-order valence-corrected chi connectivity index (χ4v) is 3.54. The Morgan fingerprint density at radius 2 is 1.90 bits per heavy atom. The molecule has 2 N–H and O–H groups in total. The Bertz CT molecular complexity index is 524. The zero-order valence-corrected chi connectivity index (χ0v) is 11.8. The van der Waals surface area contributed by atoms with E-state index < -0.39 is 5.97 Å². The Morgan fingerprint density at radius 3 is 2.65 bits per heavy atom. The van der Waals surface area contributed by atoms with Crippen LogP contribution in [0.1, 0.15) is 75.1 Å². The van der Waals surface area contributed by atoms with Gasteiger partial charge in [-0.15, -0.1) is 0 Å². The van der Waals surface area contributed by atoms with E-state index in [1.807, 2.05) is 0 Å². The first-order valence-electron chi connectivity index (χ1n) is 7.76. The highest BCUT2D eigenvalue weighted by Gasteiger charge is 2.23. The van der Waals surface area contributed by atoms with Crippen LogP contribution in [-0.2, 0) is 4.79 Å². The number of aliphatic carboxylic acids is 1. The van der Waals surface area contributed by atoms with Crippen molar-refractivity contribution < 1.29 is 9.90 Å². The second kappa shape index (κ2) is 5.81. The van der Waals surface area contributed by atoms with Gasteiger partial charge in [0.2, 0.25) is 0 Å². The van der Waals surface area contributed by atoms with Crippen LogP contribution in [0.2, 0.25) is 0 Å². The lowest BCUT2D eigenvalue weighted by atomic mass is 9.86. The summed E-state index contributed by atoms with van der Waals surface area (Å²) < 4.78 is 0. The number of H-pyrrole nitrogens is 1. The maximum absolute atomic E-state index is 11.4. The van der Waals surface area contributed by atoms with Gasteiger partial charge in [0, 0.05) is 17.2 Å². The molecule has 4 nitrogen and oxygen atoms in total. The van der Waals surface area contributed by atoms with Crippen LogP contribution in [0.15, 0.2) is 11.6 Å². The molecule has 0 aromatic carbocycles. The fraction of sp³-hybridized carbons (Fsp3) is 0.625. The number of nitrogens with one attached hydrogen (secondary N) is 1. The molecule has 20 heavy (non-hydrogen) atoms. The lowest BCUT2D eigenvalue weighted by Gasteiger charge is -2.19. The number of aromatic nitrogens is 2. The van der Waals surface area contributed by atoms with E-state index in [2.05, 4.69) is 16.3 Å². The van der Waals surface area contributed by atoms with Gasteiger partial charge in [-0.1, -0.05) is 19.3 Å². The SMILES string of the molecule is O=C(O)C1=C(c2cc(C3CCCCC3)[nH]n2)CCCC1. The number of carboxylic acids is 1. The number of aromatic amines is 1. The second-order valence-corrected chi connectivity index (χ2v) is 6.01. The number of hydrogen-bond donors (Lipinski definition) is 2. The Labute approximate surface area is 119 Å². The monoisotopic (exact) mass is 274 g/mol. The van der Waals surface area contributed by atoms with E-state index in [4.69, 9.17) is 0 Å². The summed E-state index contributed by atoms with van der Waals surface area (Å²) in [5.41, 5.74) is 3.57. The van der Waals surface area contributed by atoms with Crippen molar-refractivity contribution in [1.29, 1.82) is 0 Å². The van der Waals surface area contributed by atoms with Gasteiger partial charge in [-0.2, -0.15) is 5.10 Å². The quantitative estimate of drug-likeness (QED) is 0.879. The Morgan fingerprint density at radius 1 is 1.15 bits per heavy atom. The van der Waals surface area contributed by atoms with E-state index in [-0.39, 0.29) is 0 Å². The first-order valence-corrected chi connectivity index (χ1v) is 7.76. The predicted octanol–water partition coefficient (Wildman–Crippen LogP) is 3.87. The smallest absolute Gasteiger partial charge is 0.331 e. The molecular formula is C16H22N2O2. The van der Waals surface area contributed by atoms with Crippen LogP contribution in [0.3, 0.4) is 0 Å². The van der Waals surface area contributed by atoms with E-state index in [0.717, 1.165) is 30.5 Å². The van der Waals surface area contributed by atoms with Gasteiger partial charge in [-0.25, -0.2) is 4.79 Å². The molecule has 0 saturated heterocycles. The maximum Gasteiger partial charge on any atom is 0.331 e. The summed E-state index contributed by atoms with van der Waals surface area (Å²) in [5, 5.41) is 16.9. The number of nitrogens with zero attached hydrogens (tertiary/aromatic N) is 1. The summed E-state index contributed by atoms with van der Waals surface area (Å²) in [6, 6.07) is 2.10. The number of carbonyl (C=O) groups is 1. The summed E-state index contributed by atoms with van der Waals surface area (Å²) in [7, 11) is 0. The average Bonchev–Trinajstić information content (AvgIpc) is 2.98. The Kier molecular flexibility index (Phi) is 3.90. The third-order valence-corrected chi connectivity index (χ3v) is 4.68. The number of carboxylic acid groups (broad SMARTS) is 1. The molecule has 0 atom stereocenters. The minimum absolute atomic E-state index is 0.568. The van der Waals surface area contributed by atoms with Crippen LogP contribution < -0.4 is 0 Å². The number of allylic oxidation sites excluding steroid dienone is 1. The van der Waals surface area contributed by atoms with Crippen molar-refractivity contribution >= 4 is 11.5 Å². The van der Waals surface area contributed by atoms with E-state index in [0.29, 0.717) is 17.9 Å². The summed E-state index contributed by atoms with van der Waals surface area (Å²) >= 11 is 0. The molecule has 1 saturated carbocycles. The van der Waals surface area contributed by atoms with E-state index in [9.17, 15) is 9.90 Å². The molecule has 3 rings (SSSR count). The zero-order valence-electron chi connectivity index (χ0n) is 11.8. The summed E-state index contributed by atoms with van der Waals surface area (Å²) in [4.78, 5) is 11.4. The van der Waals surface area contributed by atoms with Crippen molar-refractivity contribution in [2.24, 2.45) is 0 Å². The third kappa shape index (κ3) is 2.65. The standard InChI is InChI=1S/C16H22N2O2/c19-16(20)13-9-5-4-8-12(13)15-10-14(17-18-15)11-6-2-1-3-7-11/h10-11H,1-9H2,(H,17,18)(H,19,20). The van der Waals surface area contributed by atoms with Crippen LogP contribution in [-0.4, -0.2) is 21.3 Å². The first-order chi connectivity index (χ1) is 9.75. The topological polar surface area (TPSA) is 66.0 Å². The fourth-order valence-electron chi connectivity index (χ4n) is 3.54. The van der Waals surface area contributed by atoms with Crippen molar-refractivity contribution in [2.45, 2.75) is 63.7 Å². The summed E-state index contributed by atoms with van der Waals surface area (Å²) in [5.74, 6) is -0.190. The lowest BCUT2D eigenvalue weighted by Crippen LogP contribution is -2.08. The average molecular weight is 274 g/mol. The predicted molar refractivity (Wildman–Crippen MR) is 77.4 cm³/mol. The lowest BCUT2D eigenvalue weighted by molar-refractivity contribution is -0.132. The molecule has 108 valence electrons. The van der Waals surface area contributed by atoms with Gasteiger partial charge in [-0.05, 0) is 50.2 Å². The molecule has 0 unspecified atom stereocenters. The van der Waals surface area contributed by atoms with Gasteiger partial charge in [-0.3, -0.25) is 5.10 Å². The molecule has 0 bridgehead atoms. The largest absolute Gasteiger partial charge is 0.478 e. The summed E-state index contributed by atoms with van der Waals surface area (Å²) in [6.45, 7) is 0. The molecule has 2 aliphatic rings. The first kappa shape index (κ1) is 13.4. The van der Waals surface area contributed by atoms with Crippen LogP contribution in [0.5, 0.6) is 0 Å². The number of hydrogen-bond acceptors (Lipinski definition) is 2. The van der Waals surface area contributed by atoms with Crippen molar-refractivity contribution in [1.82, 2.24) is 10.2 Å². The molecule has 0 amide bonds. The zero-order chi connectivity index (χ0) is 13.9. The molecule has 1 heterocycles. The maximum atomic E-state index is 11.4. The van der Waals surface area contributed by atoms with Gasteiger partial charge in [0.05, 0.1) is 5.69 Å². The molecule has 1 fully saturated rings.